The summed E-state index contributed by atoms with van der Waals surface area (Å²) >= 11 is 5.62. The number of carbonyl (C=O) groups excluding carboxylic acids is 1. The van der Waals surface area contributed by atoms with Crippen LogP contribution in [0.2, 0.25) is 5.02 Å². The molecule has 1 aliphatic rings. The van der Waals surface area contributed by atoms with Crippen molar-refractivity contribution >= 4 is 23.2 Å². The van der Waals surface area contributed by atoms with Gasteiger partial charge in [-0.1, -0.05) is 23.7 Å². The molecule has 2 aromatic heterocycles. The number of rotatable bonds is 3. The number of benzene rings is 1. The van der Waals surface area contributed by atoms with E-state index in [1.165, 1.54) is 12.3 Å². The van der Waals surface area contributed by atoms with Gasteiger partial charge in [-0.25, -0.2) is 4.98 Å². The molecule has 1 aliphatic heterocycles. The monoisotopic (exact) mass is 451 g/mol. The third kappa shape index (κ3) is 4.28. The van der Waals surface area contributed by atoms with E-state index in [0.717, 1.165) is 17.2 Å². The van der Waals surface area contributed by atoms with Gasteiger partial charge in [0.25, 0.3) is 11.5 Å². The highest BCUT2D eigenvalue weighted by Crippen LogP contribution is 2.33. The lowest BCUT2D eigenvalue weighted by atomic mass is 10.0. The van der Waals surface area contributed by atoms with E-state index in [1.807, 2.05) is 0 Å². The van der Waals surface area contributed by atoms with Crippen molar-refractivity contribution in [2.45, 2.75) is 25.1 Å². The van der Waals surface area contributed by atoms with Gasteiger partial charge < -0.3 is 10.1 Å². The number of halogens is 4. The fourth-order valence-corrected chi connectivity index (χ4v) is 3.71. The van der Waals surface area contributed by atoms with Crippen molar-refractivity contribution in [3.8, 4) is 11.1 Å². The van der Waals surface area contributed by atoms with Crippen LogP contribution in [0.3, 0.4) is 0 Å². The second kappa shape index (κ2) is 8.32. The molecule has 6 nitrogen and oxygen atoms in total. The molecule has 0 radical (unpaired) electrons. The minimum Gasteiger partial charge on any atom is -0.381 e. The number of hydrogen-bond donors (Lipinski definition) is 1. The van der Waals surface area contributed by atoms with E-state index in [-0.39, 0.29) is 17.6 Å². The zero-order valence-electron chi connectivity index (χ0n) is 16.1. The second-order valence-electron chi connectivity index (χ2n) is 7.13. The van der Waals surface area contributed by atoms with Crippen LogP contribution in [-0.4, -0.2) is 34.5 Å². The average molecular weight is 452 g/mol. The Morgan fingerprint density at radius 3 is 2.48 bits per heavy atom. The Balaban J connectivity index is 1.69. The summed E-state index contributed by atoms with van der Waals surface area (Å²) in [7, 11) is 0. The van der Waals surface area contributed by atoms with Crippen LogP contribution in [0, 0.1) is 0 Å². The smallest absolute Gasteiger partial charge is 0.381 e. The molecule has 162 valence electrons. The van der Waals surface area contributed by atoms with E-state index in [1.54, 1.807) is 30.3 Å². The third-order valence-electron chi connectivity index (χ3n) is 5.08. The van der Waals surface area contributed by atoms with Gasteiger partial charge in [-0.05, 0) is 42.7 Å². The first-order valence-corrected chi connectivity index (χ1v) is 9.90. The first-order chi connectivity index (χ1) is 14.8. The maximum atomic E-state index is 13.3. The Hall–Kier alpha value is -2.91. The number of alkyl halides is 3. The Morgan fingerprint density at radius 1 is 1.16 bits per heavy atom. The van der Waals surface area contributed by atoms with Crippen molar-refractivity contribution in [3.63, 3.8) is 0 Å². The summed E-state index contributed by atoms with van der Waals surface area (Å²) in [6, 6.07) is 9.46. The number of amides is 1. The molecule has 3 heterocycles. The quantitative estimate of drug-likeness (QED) is 0.654. The van der Waals surface area contributed by atoms with Crippen molar-refractivity contribution in [1.82, 2.24) is 14.7 Å². The van der Waals surface area contributed by atoms with E-state index in [9.17, 15) is 22.8 Å². The van der Waals surface area contributed by atoms with Crippen molar-refractivity contribution in [2.24, 2.45) is 0 Å². The largest absolute Gasteiger partial charge is 0.435 e. The number of fused-ring (bicyclic) bond motifs is 1. The summed E-state index contributed by atoms with van der Waals surface area (Å²) in [6.45, 7) is 1.20. The second-order valence-corrected chi connectivity index (χ2v) is 7.51. The standard InChI is InChI=1S/C21H17ClF3N3O3/c22-16-17(21(23,24)25)27-18-15(2-1-9-28(18)20(16)30)12-3-5-13(6-4-12)19(29)26-14-7-10-31-11-8-14/h1-6,9,14H,7-8,10-11H2,(H,26,29). The van der Waals surface area contributed by atoms with Crippen LogP contribution in [0.5, 0.6) is 0 Å². The molecule has 10 heteroatoms. The van der Waals surface area contributed by atoms with Crippen LogP contribution < -0.4 is 10.9 Å². The molecule has 0 saturated carbocycles. The highest BCUT2D eigenvalue weighted by Gasteiger charge is 2.37. The van der Waals surface area contributed by atoms with Crippen LogP contribution in [0.4, 0.5) is 13.2 Å². The SMILES string of the molecule is O=C(NC1CCOCC1)c1ccc(-c2cccn3c(=O)c(Cl)c(C(F)(F)F)nc23)cc1. The highest BCUT2D eigenvalue weighted by atomic mass is 35.5. The lowest BCUT2D eigenvalue weighted by Gasteiger charge is -2.23. The van der Waals surface area contributed by atoms with E-state index in [4.69, 9.17) is 16.3 Å². The number of nitrogens with one attached hydrogen (secondary N) is 1. The van der Waals surface area contributed by atoms with Crippen LogP contribution in [0.1, 0.15) is 28.9 Å². The average Bonchev–Trinajstić information content (AvgIpc) is 2.76. The van der Waals surface area contributed by atoms with Crippen molar-refractivity contribution in [2.75, 3.05) is 13.2 Å². The summed E-state index contributed by atoms with van der Waals surface area (Å²) in [5.41, 5.74) is -1.39. The molecule has 4 rings (SSSR count). The lowest BCUT2D eigenvalue weighted by Crippen LogP contribution is -2.38. The molecule has 3 aromatic rings. The van der Waals surface area contributed by atoms with Gasteiger partial charge in [-0.15, -0.1) is 0 Å². The molecule has 0 spiro atoms. The molecule has 1 amide bonds. The van der Waals surface area contributed by atoms with Crippen molar-refractivity contribution < 1.29 is 22.7 Å². The Bertz CT molecular complexity index is 1190. The van der Waals surface area contributed by atoms with Crippen LogP contribution in [0.15, 0.2) is 47.4 Å². The van der Waals surface area contributed by atoms with Crippen LogP contribution in [-0.2, 0) is 10.9 Å². The van der Waals surface area contributed by atoms with Gasteiger partial charge in [0.1, 0.15) is 10.7 Å². The number of nitrogens with zero attached hydrogens (tertiary/aromatic N) is 2. The molecule has 1 N–H and O–H groups in total. The molecular formula is C21H17ClF3N3O3. The summed E-state index contributed by atoms with van der Waals surface area (Å²) in [5, 5.41) is 1.96. The molecule has 1 saturated heterocycles. The highest BCUT2D eigenvalue weighted by molar-refractivity contribution is 6.31. The molecule has 31 heavy (non-hydrogen) atoms. The fraction of sp³-hybridized carbons (Fsp3) is 0.286. The first-order valence-electron chi connectivity index (χ1n) is 9.53. The van der Waals surface area contributed by atoms with Gasteiger partial charge in [0.2, 0.25) is 0 Å². The molecule has 1 aromatic carbocycles. The Kier molecular flexibility index (Phi) is 5.72. The molecule has 0 bridgehead atoms. The summed E-state index contributed by atoms with van der Waals surface area (Å²) in [6.07, 6.45) is -2.09. The van der Waals surface area contributed by atoms with Gasteiger partial charge in [0, 0.05) is 36.6 Å². The molecule has 0 aliphatic carbocycles. The van der Waals surface area contributed by atoms with Crippen LogP contribution in [0.25, 0.3) is 16.8 Å². The van der Waals surface area contributed by atoms with Crippen molar-refractivity contribution in [1.29, 1.82) is 0 Å². The van der Waals surface area contributed by atoms with E-state index in [2.05, 4.69) is 10.3 Å². The van der Waals surface area contributed by atoms with Gasteiger partial charge >= 0.3 is 6.18 Å². The predicted molar refractivity (Wildman–Crippen MR) is 108 cm³/mol. The predicted octanol–water partition coefficient (Wildman–Crippen LogP) is 3.94. The molecule has 1 fully saturated rings. The molecule has 0 atom stereocenters. The van der Waals surface area contributed by atoms with E-state index in [0.29, 0.717) is 29.9 Å². The number of hydrogen-bond acceptors (Lipinski definition) is 4. The number of ether oxygens (including phenoxy) is 1. The third-order valence-corrected chi connectivity index (χ3v) is 5.42. The van der Waals surface area contributed by atoms with Gasteiger partial charge in [0.05, 0.1) is 0 Å². The van der Waals surface area contributed by atoms with Gasteiger partial charge in [0.15, 0.2) is 5.69 Å². The number of carbonyl (C=O) groups is 1. The Morgan fingerprint density at radius 2 is 1.84 bits per heavy atom. The summed E-state index contributed by atoms with van der Waals surface area (Å²) in [4.78, 5) is 28.4. The normalized spacial score (nSPS) is 15.2. The maximum Gasteiger partial charge on any atom is 0.435 e. The van der Waals surface area contributed by atoms with Gasteiger partial charge in [-0.2, -0.15) is 13.2 Å². The molecular weight excluding hydrogens is 435 g/mol. The van der Waals surface area contributed by atoms with Gasteiger partial charge in [-0.3, -0.25) is 14.0 Å². The minimum atomic E-state index is -4.87. The maximum absolute atomic E-state index is 13.3. The summed E-state index contributed by atoms with van der Waals surface area (Å²) in [5.74, 6) is -0.239. The first kappa shape index (κ1) is 21.3. The zero-order valence-corrected chi connectivity index (χ0v) is 16.8. The minimum absolute atomic E-state index is 0.0422. The fourth-order valence-electron chi connectivity index (χ4n) is 3.47. The van der Waals surface area contributed by atoms with E-state index >= 15 is 0 Å². The van der Waals surface area contributed by atoms with Crippen LogP contribution >= 0.6 is 11.6 Å². The topological polar surface area (TPSA) is 72.7 Å². The number of aromatic nitrogens is 2. The summed E-state index contributed by atoms with van der Waals surface area (Å²) < 4.78 is 46.1. The Labute approximate surface area is 179 Å². The van der Waals surface area contributed by atoms with Crippen molar-refractivity contribution in [3.05, 3.63) is 69.2 Å². The zero-order chi connectivity index (χ0) is 22.2. The molecule has 0 unspecified atom stereocenters. The lowest BCUT2D eigenvalue weighted by molar-refractivity contribution is -0.141. The van der Waals surface area contributed by atoms with E-state index < -0.39 is 22.5 Å². The number of pyridine rings is 1.